The SMILES string of the molecule is CC(Nc1ncc(Cl)cn1)C(N)=O. The van der Waals surface area contributed by atoms with Crippen molar-refractivity contribution in [3.63, 3.8) is 0 Å². The molecule has 1 aromatic rings. The highest BCUT2D eigenvalue weighted by atomic mass is 35.5. The zero-order valence-corrected chi connectivity index (χ0v) is 7.75. The van der Waals surface area contributed by atoms with Crippen LogP contribution in [0.25, 0.3) is 0 Å². The number of aromatic nitrogens is 2. The maximum atomic E-state index is 10.6. The summed E-state index contributed by atoms with van der Waals surface area (Å²) < 4.78 is 0. The van der Waals surface area contributed by atoms with Gasteiger partial charge in [-0.25, -0.2) is 9.97 Å². The van der Waals surface area contributed by atoms with Crippen LogP contribution in [0.15, 0.2) is 12.4 Å². The Hall–Kier alpha value is -1.36. The van der Waals surface area contributed by atoms with Gasteiger partial charge in [0.2, 0.25) is 11.9 Å². The Morgan fingerprint density at radius 3 is 2.62 bits per heavy atom. The molecule has 0 fully saturated rings. The van der Waals surface area contributed by atoms with Crippen molar-refractivity contribution in [3.8, 4) is 0 Å². The molecule has 0 aliphatic heterocycles. The highest BCUT2D eigenvalue weighted by molar-refractivity contribution is 6.30. The van der Waals surface area contributed by atoms with E-state index in [-0.39, 0.29) is 0 Å². The first-order valence-corrected chi connectivity index (χ1v) is 4.01. The third-order valence-corrected chi connectivity index (χ3v) is 1.59. The second kappa shape index (κ2) is 4.04. The van der Waals surface area contributed by atoms with E-state index in [1.807, 2.05) is 0 Å². The van der Waals surface area contributed by atoms with Gasteiger partial charge < -0.3 is 11.1 Å². The number of hydrogen-bond acceptors (Lipinski definition) is 4. The lowest BCUT2D eigenvalue weighted by Crippen LogP contribution is -2.33. The van der Waals surface area contributed by atoms with Crippen molar-refractivity contribution >= 4 is 23.5 Å². The molecule has 3 N–H and O–H groups in total. The second-order valence-electron chi connectivity index (χ2n) is 2.49. The van der Waals surface area contributed by atoms with Gasteiger partial charge in [0, 0.05) is 0 Å². The number of nitrogens with two attached hydrogens (primary N) is 1. The zero-order valence-electron chi connectivity index (χ0n) is 6.99. The van der Waals surface area contributed by atoms with E-state index in [1.165, 1.54) is 12.4 Å². The van der Waals surface area contributed by atoms with Crippen LogP contribution < -0.4 is 11.1 Å². The average Bonchev–Trinajstić information content (AvgIpc) is 2.08. The molecule has 0 aromatic carbocycles. The molecular formula is C7H9ClN4O. The van der Waals surface area contributed by atoms with E-state index in [0.717, 1.165) is 0 Å². The lowest BCUT2D eigenvalue weighted by atomic mass is 10.3. The van der Waals surface area contributed by atoms with E-state index in [0.29, 0.717) is 11.0 Å². The molecule has 0 spiro atoms. The quantitative estimate of drug-likeness (QED) is 0.741. The fraction of sp³-hybridized carbons (Fsp3) is 0.286. The molecule has 13 heavy (non-hydrogen) atoms. The number of halogens is 1. The maximum Gasteiger partial charge on any atom is 0.239 e. The molecule has 5 nitrogen and oxygen atoms in total. The predicted molar refractivity (Wildman–Crippen MR) is 49.3 cm³/mol. The summed E-state index contributed by atoms with van der Waals surface area (Å²) >= 11 is 5.57. The molecule has 6 heteroatoms. The summed E-state index contributed by atoms with van der Waals surface area (Å²) in [5.41, 5.74) is 5.03. The lowest BCUT2D eigenvalue weighted by molar-refractivity contribution is -0.118. The van der Waals surface area contributed by atoms with Gasteiger partial charge in [-0.1, -0.05) is 11.6 Å². The third kappa shape index (κ3) is 2.87. The van der Waals surface area contributed by atoms with E-state index >= 15 is 0 Å². The van der Waals surface area contributed by atoms with Gasteiger partial charge >= 0.3 is 0 Å². The van der Waals surface area contributed by atoms with Crippen LogP contribution in [-0.4, -0.2) is 21.9 Å². The molecule has 1 unspecified atom stereocenters. The summed E-state index contributed by atoms with van der Waals surface area (Å²) in [6.45, 7) is 1.63. The molecule has 1 aromatic heterocycles. The van der Waals surface area contributed by atoms with Gasteiger partial charge in [0.25, 0.3) is 0 Å². The van der Waals surface area contributed by atoms with Crippen LogP contribution in [0.4, 0.5) is 5.95 Å². The fourth-order valence-electron chi connectivity index (χ4n) is 0.652. The largest absolute Gasteiger partial charge is 0.368 e. The first kappa shape index (κ1) is 9.73. The number of primary amides is 1. The summed E-state index contributed by atoms with van der Waals surface area (Å²) in [5.74, 6) is -0.130. The van der Waals surface area contributed by atoms with Gasteiger partial charge in [-0.2, -0.15) is 0 Å². The highest BCUT2D eigenvalue weighted by Crippen LogP contribution is 2.06. The van der Waals surface area contributed by atoms with Crippen molar-refractivity contribution < 1.29 is 4.79 Å². The smallest absolute Gasteiger partial charge is 0.239 e. The van der Waals surface area contributed by atoms with E-state index in [2.05, 4.69) is 15.3 Å². The molecule has 0 aliphatic carbocycles. The Labute approximate surface area is 80.3 Å². The monoisotopic (exact) mass is 200 g/mol. The molecule has 0 saturated carbocycles. The standard InChI is InChI=1S/C7H9ClN4O/c1-4(6(9)13)12-7-10-2-5(8)3-11-7/h2-4H,1H3,(H2,9,13)(H,10,11,12). The van der Waals surface area contributed by atoms with Crippen LogP contribution >= 0.6 is 11.6 Å². The Balaban J connectivity index is 2.64. The maximum absolute atomic E-state index is 10.6. The first-order chi connectivity index (χ1) is 6.09. The molecule has 0 bridgehead atoms. The third-order valence-electron chi connectivity index (χ3n) is 1.39. The van der Waals surface area contributed by atoms with Crippen LogP contribution in [0.5, 0.6) is 0 Å². The minimum absolute atomic E-state index is 0.329. The summed E-state index contributed by atoms with van der Waals surface area (Å²) in [6.07, 6.45) is 2.87. The fourth-order valence-corrected chi connectivity index (χ4v) is 0.749. The number of rotatable bonds is 3. The molecule has 70 valence electrons. The van der Waals surface area contributed by atoms with Crippen molar-refractivity contribution in [2.45, 2.75) is 13.0 Å². The van der Waals surface area contributed by atoms with Crippen LogP contribution in [0.1, 0.15) is 6.92 Å². The topological polar surface area (TPSA) is 80.9 Å². The second-order valence-corrected chi connectivity index (χ2v) is 2.93. The van der Waals surface area contributed by atoms with Gasteiger partial charge in [-0.05, 0) is 6.92 Å². The van der Waals surface area contributed by atoms with Crippen LogP contribution in [0.2, 0.25) is 5.02 Å². The molecule has 0 aliphatic rings. The molecule has 0 radical (unpaired) electrons. The average molecular weight is 201 g/mol. The van der Waals surface area contributed by atoms with Gasteiger partial charge in [-0.3, -0.25) is 4.79 Å². The Kier molecular flexibility index (Phi) is 3.02. The number of amides is 1. The molecule has 1 amide bonds. The number of nitrogens with zero attached hydrogens (tertiary/aromatic N) is 2. The first-order valence-electron chi connectivity index (χ1n) is 3.63. The van der Waals surface area contributed by atoms with E-state index in [4.69, 9.17) is 17.3 Å². The van der Waals surface area contributed by atoms with Gasteiger partial charge in [0.05, 0.1) is 17.4 Å². The molecule has 1 rings (SSSR count). The van der Waals surface area contributed by atoms with Crippen LogP contribution in [0.3, 0.4) is 0 Å². The Bertz CT molecular complexity index is 300. The Morgan fingerprint density at radius 1 is 1.62 bits per heavy atom. The van der Waals surface area contributed by atoms with Crippen molar-refractivity contribution in [2.24, 2.45) is 5.73 Å². The number of carbonyl (C=O) groups excluding carboxylic acids is 1. The van der Waals surface area contributed by atoms with Crippen molar-refractivity contribution in [3.05, 3.63) is 17.4 Å². The number of nitrogens with one attached hydrogen (secondary N) is 1. The van der Waals surface area contributed by atoms with Crippen molar-refractivity contribution in [1.29, 1.82) is 0 Å². The summed E-state index contributed by atoms with van der Waals surface area (Å²) in [5, 5.41) is 3.16. The molecule has 1 heterocycles. The minimum Gasteiger partial charge on any atom is -0.368 e. The zero-order chi connectivity index (χ0) is 9.84. The van der Waals surface area contributed by atoms with Crippen molar-refractivity contribution in [2.75, 3.05) is 5.32 Å². The van der Waals surface area contributed by atoms with E-state index < -0.39 is 11.9 Å². The van der Waals surface area contributed by atoms with Gasteiger partial charge in [0.15, 0.2) is 0 Å². The summed E-state index contributed by atoms with van der Waals surface area (Å²) in [7, 11) is 0. The van der Waals surface area contributed by atoms with Gasteiger partial charge in [0.1, 0.15) is 6.04 Å². The minimum atomic E-state index is -0.499. The molecule has 1 atom stereocenters. The summed E-state index contributed by atoms with van der Waals surface area (Å²) in [4.78, 5) is 18.3. The number of hydrogen-bond donors (Lipinski definition) is 2. The Morgan fingerprint density at radius 2 is 2.15 bits per heavy atom. The lowest BCUT2D eigenvalue weighted by Gasteiger charge is -2.08. The highest BCUT2D eigenvalue weighted by Gasteiger charge is 2.08. The number of carbonyl (C=O) groups is 1. The van der Waals surface area contributed by atoms with Crippen LogP contribution in [-0.2, 0) is 4.79 Å². The van der Waals surface area contributed by atoms with Gasteiger partial charge in [-0.15, -0.1) is 0 Å². The molecule has 0 saturated heterocycles. The number of anilines is 1. The predicted octanol–water partition coefficient (Wildman–Crippen LogP) is 0.416. The normalized spacial score (nSPS) is 12.2. The van der Waals surface area contributed by atoms with E-state index in [1.54, 1.807) is 6.92 Å². The van der Waals surface area contributed by atoms with E-state index in [9.17, 15) is 4.79 Å². The summed E-state index contributed by atoms with van der Waals surface area (Å²) in [6, 6.07) is -0.499. The van der Waals surface area contributed by atoms with Crippen molar-refractivity contribution in [1.82, 2.24) is 9.97 Å². The van der Waals surface area contributed by atoms with Crippen LogP contribution in [0, 0.1) is 0 Å². The molecular weight excluding hydrogens is 192 g/mol.